The second-order valence-electron chi connectivity index (χ2n) is 4.26. The number of nitrogens with zero attached hydrogens (tertiary/aromatic N) is 1. The first-order valence-corrected chi connectivity index (χ1v) is 6.83. The van der Waals surface area contributed by atoms with Crippen molar-refractivity contribution in [2.24, 2.45) is 0 Å². The number of anilines is 1. The third-order valence-corrected chi connectivity index (χ3v) is 4.08. The predicted molar refractivity (Wildman–Crippen MR) is 78.1 cm³/mol. The highest BCUT2D eigenvalue weighted by Crippen LogP contribution is 2.23. The van der Waals surface area contributed by atoms with Gasteiger partial charge in [0.25, 0.3) is 0 Å². The number of nitrogens with one attached hydrogen (secondary N) is 1. The van der Waals surface area contributed by atoms with Crippen molar-refractivity contribution in [2.45, 2.75) is 13.5 Å². The van der Waals surface area contributed by atoms with E-state index in [0.717, 1.165) is 17.7 Å². The van der Waals surface area contributed by atoms with Crippen LogP contribution in [0.3, 0.4) is 0 Å². The van der Waals surface area contributed by atoms with Gasteiger partial charge in [-0.1, -0.05) is 18.2 Å². The molecule has 2 aromatic heterocycles. The number of hydrogen-bond donors (Lipinski definition) is 1. The summed E-state index contributed by atoms with van der Waals surface area (Å²) in [6, 6.07) is 12.4. The summed E-state index contributed by atoms with van der Waals surface area (Å²) in [5, 5.41) is 6.81. The van der Waals surface area contributed by atoms with E-state index in [1.54, 1.807) is 11.3 Å². The lowest BCUT2D eigenvalue weighted by Gasteiger charge is -2.08. The molecule has 3 heteroatoms. The highest BCUT2D eigenvalue weighted by Gasteiger charge is 2.03. The highest BCUT2D eigenvalue weighted by atomic mass is 32.1. The number of pyridine rings is 1. The molecule has 18 heavy (non-hydrogen) atoms. The van der Waals surface area contributed by atoms with Gasteiger partial charge in [-0.3, -0.25) is 4.98 Å². The quantitative estimate of drug-likeness (QED) is 0.757. The van der Waals surface area contributed by atoms with Crippen molar-refractivity contribution in [2.75, 3.05) is 5.32 Å². The van der Waals surface area contributed by atoms with Crippen LogP contribution >= 0.6 is 11.3 Å². The van der Waals surface area contributed by atoms with Crippen LogP contribution in [-0.4, -0.2) is 4.98 Å². The molecule has 0 aliphatic rings. The molecule has 1 N–H and O–H groups in total. The lowest BCUT2D eigenvalue weighted by molar-refractivity contribution is 1.17. The number of para-hydroxylation sites is 1. The van der Waals surface area contributed by atoms with E-state index in [9.17, 15) is 0 Å². The van der Waals surface area contributed by atoms with Gasteiger partial charge in [0.05, 0.1) is 5.52 Å². The molecule has 0 spiro atoms. The summed E-state index contributed by atoms with van der Waals surface area (Å²) in [7, 11) is 0. The van der Waals surface area contributed by atoms with E-state index in [2.05, 4.69) is 34.7 Å². The zero-order valence-corrected chi connectivity index (χ0v) is 11.0. The van der Waals surface area contributed by atoms with Gasteiger partial charge in [-0.25, -0.2) is 0 Å². The number of rotatable bonds is 3. The molecular weight excluding hydrogens is 240 g/mol. The minimum Gasteiger partial charge on any atom is -0.380 e. The maximum Gasteiger partial charge on any atom is 0.0722 e. The third-order valence-electron chi connectivity index (χ3n) is 3.06. The molecule has 0 saturated heterocycles. The van der Waals surface area contributed by atoms with Gasteiger partial charge in [-0.2, -0.15) is 0 Å². The highest BCUT2D eigenvalue weighted by molar-refractivity contribution is 7.10. The summed E-state index contributed by atoms with van der Waals surface area (Å²) >= 11 is 1.80. The Labute approximate surface area is 110 Å². The van der Waals surface area contributed by atoms with Gasteiger partial charge >= 0.3 is 0 Å². The first kappa shape index (κ1) is 11.2. The minimum absolute atomic E-state index is 0.873. The fraction of sp³-hybridized carbons (Fsp3) is 0.133. The number of aryl methyl sites for hydroxylation is 1. The Morgan fingerprint density at radius 1 is 1.17 bits per heavy atom. The molecular formula is C15H14N2S. The van der Waals surface area contributed by atoms with E-state index in [-0.39, 0.29) is 0 Å². The number of aromatic nitrogens is 1. The van der Waals surface area contributed by atoms with Crippen LogP contribution in [0.2, 0.25) is 0 Å². The Morgan fingerprint density at radius 3 is 2.89 bits per heavy atom. The molecule has 0 fully saturated rings. The minimum atomic E-state index is 0.873. The van der Waals surface area contributed by atoms with E-state index < -0.39 is 0 Å². The van der Waals surface area contributed by atoms with Crippen molar-refractivity contribution < 1.29 is 0 Å². The van der Waals surface area contributed by atoms with E-state index in [4.69, 9.17) is 0 Å². The molecule has 0 radical (unpaired) electrons. The number of benzene rings is 1. The normalized spacial score (nSPS) is 10.7. The molecule has 0 aliphatic heterocycles. The average Bonchev–Trinajstić information content (AvgIpc) is 2.82. The smallest absolute Gasteiger partial charge is 0.0722 e. The molecule has 90 valence electrons. The Kier molecular flexibility index (Phi) is 2.99. The van der Waals surface area contributed by atoms with Crippen molar-refractivity contribution in [3.05, 3.63) is 58.4 Å². The second-order valence-corrected chi connectivity index (χ2v) is 5.26. The van der Waals surface area contributed by atoms with Gasteiger partial charge < -0.3 is 5.32 Å². The predicted octanol–water partition coefficient (Wildman–Crippen LogP) is 4.22. The summed E-state index contributed by atoms with van der Waals surface area (Å²) in [5.41, 5.74) is 3.53. The Morgan fingerprint density at radius 2 is 2.06 bits per heavy atom. The second kappa shape index (κ2) is 4.78. The fourth-order valence-corrected chi connectivity index (χ4v) is 2.86. The third kappa shape index (κ3) is 2.09. The molecule has 0 aliphatic carbocycles. The van der Waals surface area contributed by atoms with Crippen molar-refractivity contribution in [3.8, 4) is 0 Å². The molecule has 0 amide bonds. The van der Waals surface area contributed by atoms with Gasteiger partial charge in [-0.05, 0) is 36.1 Å². The van der Waals surface area contributed by atoms with Crippen LogP contribution in [0.1, 0.15) is 10.4 Å². The van der Waals surface area contributed by atoms with Gasteiger partial charge in [-0.15, -0.1) is 11.3 Å². The van der Waals surface area contributed by atoms with Crippen LogP contribution in [0.5, 0.6) is 0 Å². The molecule has 2 nitrogen and oxygen atoms in total. The average molecular weight is 254 g/mol. The topological polar surface area (TPSA) is 24.9 Å². The van der Waals surface area contributed by atoms with Gasteiger partial charge in [0.1, 0.15) is 0 Å². The summed E-state index contributed by atoms with van der Waals surface area (Å²) in [4.78, 5) is 5.75. The summed E-state index contributed by atoms with van der Waals surface area (Å²) in [5.74, 6) is 0. The number of thiophene rings is 1. The van der Waals surface area contributed by atoms with E-state index >= 15 is 0 Å². The first-order valence-electron chi connectivity index (χ1n) is 5.95. The molecule has 3 rings (SSSR count). The summed E-state index contributed by atoms with van der Waals surface area (Å²) < 4.78 is 0. The molecule has 3 aromatic rings. The largest absolute Gasteiger partial charge is 0.380 e. The molecule has 0 saturated carbocycles. The lowest BCUT2D eigenvalue weighted by Crippen LogP contribution is -1.99. The molecule has 0 atom stereocenters. The van der Waals surface area contributed by atoms with Crippen LogP contribution in [0.15, 0.2) is 48.0 Å². The Balaban J connectivity index is 1.89. The van der Waals surface area contributed by atoms with Crippen LogP contribution < -0.4 is 5.32 Å². The fourth-order valence-electron chi connectivity index (χ4n) is 2.01. The van der Waals surface area contributed by atoms with Crippen molar-refractivity contribution in [1.82, 2.24) is 4.98 Å². The van der Waals surface area contributed by atoms with Gasteiger partial charge in [0, 0.05) is 28.7 Å². The zero-order chi connectivity index (χ0) is 12.4. The monoisotopic (exact) mass is 254 g/mol. The van der Waals surface area contributed by atoms with Gasteiger partial charge in [0.2, 0.25) is 0 Å². The molecule has 1 aromatic carbocycles. The Hall–Kier alpha value is -1.87. The number of fused-ring (bicyclic) bond motifs is 1. The van der Waals surface area contributed by atoms with Crippen molar-refractivity contribution in [3.63, 3.8) is 0 Å². The van der Waals surface area contributed by atoms with Crippen LogP contribution in [0.25, 0.3) is 10.9 Å². The van der Waals surface area contributed by atoms with Gasteiger partial charge in [0.15, 0.2) is 0 Å². The van der Waals surface area contributed by atoms with Crippen molar-refractivity contribution >= 4 is 27.9 Å². The molecule has 2 heterocycles. The number of hydrogen-bond acceptors (Lipinski definition) is 3. The van der Waals surface area contributed by atoms with E-state index in [1.165, 1.54) is 15.8 Å². The summed E-state index contributed by atoms with van der Waals surface area (Å²) in [6.45, 7) is 3.02. The first-order chi connectivity index (χ1) is 8.84. The Bertz CT molecular complexity index is 668. The van der Waals surface area contributed by atoms with Crippen molar-refractivity contribution in [1.29, 1.82) is 0 Å². The lowest BCUT2D eigenvalue weighted by atomic mass is 10.2. The van der Waals surface area contributed by atoms with Crippen LogP contribution in [0, 0.1) is 6.92 Å². The van der Waals surface area contributed by atoms with E-state index in [0.29, 0.717) is 0 Å². The standard InChI is InChI=1S/C15H14N2S/c1-11-7-9-18-15(11)10-17-14-6-8-16-13-5-3-2-4-12(13)14/h2-9H,10H2,1H3,(H,16,17). The molecule has 0 unspecified atom stereocenters. The zero-order valence-electron chi connectivity index (χ0n) is 10.2. The van der Waals surface area contributed by atoms with E-state index in [1.807, 2.05) is 30.5 Å². The molecule has 0 bridgehead atoms. The van der Waals surface area contributed by atoms with Crippen LogP contribution in [0.4, 0.5) is 5.69 Å². The SMILES string of the molecule is Cc1ccsc1CNc1ccnc2ccccc12. The summed E-state index contributed by atoms with van der Waals surface area (Å²) in [6.07, 6.45) is 1.85. The maximum atomic E-state index is 4.37. The van der Waals surface area contributed by atoms with Crippen LogP contribution in [-0.2, 0) is 6.54 Å². The maximum absolute atomic E-state index is 4.37.